The average molecular weight is 345 g/mol. The van der Waals surface area contributed by atoms with Gasteiger partial charge in [0, 0.05) is 26.0 Å². The smallest absolute Gasteiger partial charge is 0.243 e. The topological polar surface area (TPSA) is 80.2 Å². The number of benzene rings is 1. The van der Waals surface area contributed by atoms with E-state index in [1.807, 2.05) is 24.3 Å². The maximum Gasteiger partial charge on any atom is 0.243 e. The van der Waals surface area contributed by atoms with E-state index >= 15 is 0 Å². The molecule has 2 heterocycles. The van der Waals surface area contributed by atoms with E-state index in [9.17, 15) is 9.59 Å². The first-order valence-corrected chi connectivity index (χ1v) is 8.56. The van der Waals surface area contributed by atoms with E-state index in [0.29, 0.717) is 19.4 Å². The second-order valence-electron chi connectivity index (χ2n) is 6.17. The van der Waals surface area contributed by atoms with Crippen molar-refractivity contribution in [1.82, 2.24) is 10.3 Å². The van der Waals surface area contributed by atoms with Gasteiger partial charge in [-0.1, -0.05) is 0 Å². The van der Waals surface area contributed by atoms with Crippen molar-refractivity contribution in [2.24, 2.45) is 5.10 Å². The summed E-state index contributed by atoms with van der Waals surface area (Å²) in [6.45, 7) is 1.17. The molecule has 0 spiro atoms. The minimum atomic E-state index is -0.219. The van der Waals surface area contributed by atoms with Crippen LogP contribution in [0.5, 0.6) is 5.75 Å². The molecule has 0 radical (unpaired) electrons. The van der Waals surface area contributed by atoms with E-state index in [2.05, 4.69) is 10.4 Å². The molecule has 7 heteroatoms. The number of rotatable bonds is 6. The summed E-state index contributed by atoms with van der Waals surface area (Å²) in [5, 5.41) is 8.45. The number of nitrogens with zero attached hydrogens (tertiary/aromatic N) is 2. The van der Waals surface area contributed by atoms with Crippen molar-refractivity contribution in [2.75, 3.05) is 26.8 Å². The van der Waals surface area contributed by atoms with E-state index in [4.69, 9.17) is 9.47 Å². The fourth-order valence-corrected chi connectivity index (χ4v) is 2.94. The predicted molar refractivity (Wildman–Crippen MR) is 92.5 cm³/mol. The standard InChI is InChI=1S/C18H23N3O4/c1-24-14-6-4-13(5-7-14)16-8-9-18(23)21(20-16)12-17(22)19-11-15-3-2-10-25-15/h4-7,15H,2-3,8-12H2,1H3,(H,19,22). The van der Waals surface area contributed by atoms with Crippen molar-refractivity contribution in [3.05, 3.63) is 29.8 Å². The summed E-state index contributed by atoms with van der Waals surface area (Å²) in [5.74, 6) is 0.412. The molecule has 2 amide bonds. The van der Waals surface area contributed by atoms with Gasteiger partial charge in [0.15, 0.2) is 0 Å². The normalized spacial score (nSPS) is 20.4. The third-order valence-corrected chi connectivity index (χ3v) is 4.37. The lowest BCUT2D eigenvalue weighted by Gasteiger charge is -2.23. The zero-order valence-electron chi connectivity index (χ0n) is 14.4. The molecular weight excluding hydrogens is 322 g/mol. The molecule has 25 heavy (non-hydrogen) atoms. The van der Waals surface area contributed by atoms with Gasteiger partial charge < -0.3 is 14.8 Å². The summed E-state index contributed by atoms with van der Waals surface area (Å²) in [6.07, 6.45) is 2.99. The lowest BCUT2D eigenvalue weighted by Crippen LogP contribution is -2.42. The van der Waals surface area contributed by atoms with Gasteiger partial charge in [-0.05, 0) is 42.7 Å². The van der Waals surface area contributed by atoms with Crippen LogP contribution in [-0.4, -0.2) is 55.4 Å². The Balaban J connectivity index is 1.60. The van der Waals surface area contributed by atoms with Gasteiger partial charge in [0.25, 0.3) is 0 Å². The monoisotopic (exact) mass is 345 g/mol. The molecule has 1 N–H and O–H groups in total. The van der Waals surface area contributed by atoms with E-state index in [1.165, 1.54) is 5.01 Å². The van der Waals surface area contributed by atoms with E-state index in [0.717, 1.165) is 36.5 Å². The predicted octanol–water partition coefficient (Wildman–Crippen LogP) is 1.32. The Morgan fingerprint density at radius 1 is 1.36 bits per heavy atom. The van der Waals surface area contributed by atoms with Crippen LogP contribution in [0.4, 0.5) is 0 Å². The van der Waals surface area contributed by atoms with Gasteiger partial charge in [-0.15, -0.1) is 0 Å². The third-order valence-electron chi connectivity index (χ3n) is 4.37. The summed E-state index contributed by atoms with van der Waals surface area (Å²) in [7, 11) is 1.61. The number of hydrazone groups is 1. The van der Waals surface area contributed by atoms with E-state index in [-0.39, 0.29) is 24.5 Å². The van der Waals surface area contributed by atoms with Crippen LogP contribution in [0.3, 0.4) is 0 Å². The number of hydrogen-bond acceptors (Lipinski definition) is 5. The lowest BCUT2D eigenvalue weighted by molar-refractivity contribution is -0.136. The molecule has 3 rings (SSSR count). The molecule has 1 aromatic carbocycles. The summed E-state index contributed by atoms with van der Waals surface area (Å²) < 4.78 is 10.6. The molecule has 134 valence electrons. The first kappa shape index (κ1) is 17.4. The highest BCUT2D eigenvalue weighted by Gasteiger charge is 2.24. The van der Waals surface area contributed by atoms with Gasteiger partial charge in [0.05, 0.1) is 18.9 Å². The van der Waals surface area contributed by atoms with Crippen LogP contribution in [0.1, 0.15) is 31.2 Å². The third kappa shape index (κ3) is 4.57. The van der Waals surface area contributed by atoms with Crippen LogP contribution in [0.25, 0.3) is 0 Å². The second kappa shape index (κ2) is 8.11. The van der Waals surface area contributed by atoms with Crippen molar-refractivity contribution in [2.45, 2.75) is 31.8 Å². The van der Waals surface area contributed by atoms with Crippen molar-refractivity contribution >= 4 is 17.5 Å². The van der Waals surface area contributed by atoms with Crippen LogP contribution in [0.15, 0.2) is 29.4 Å². The van der Waals surface area contributed by atoms with Crippen LogP contribution in [0, 0.1) is 0 Å². The molecule has 2 aliphatic heterocycles. The molecule has 7 nitrogen and oxygen atoms in total. The number of amides is 2. The SMILES string of the molecule is COc1ccc(C2=NN(CC(=O)NCC3CCCO3)C(=O)CC2)cc1. The van der Waals surface area contributed by atoms with E-state index in [1.54, 1.807) is 7.11 Å². The van der Waals surface area contributed by atoms with Crippen LogP contribution < -0.4 is 10.1 Å². The Kier molecular flexibility index (Phi) is 5.65. The van der Waals surface area contributed by atoms with Gasteiger partial charge in [-0.3, -0.25) is 9.59 Å². The highest BCUT2D eigenvalue weighted by atomic mass is 16.5. The first-order valence-electron chi connectivity index (χ1n) is 8.56. The Morgan fingerprint density at radius 2 is 2.16 bits per heavy atom. The summed E-state index contributed by atoms with van der Waals surface area (Å²) in [5.41, 5.74) is 1.73. The van der Waals surface area contributed by atoms with E-state index < -0.39 is 0 Å². The second-order valence-corrected chi connectivity index (χ2v) is 6.17. The molecule has 0 saturated carbocycles. The molecular formula is C18H23N3O4. The number of carbonyl (C=O) groups excluding carboxylic acids is 2. The molecule has 1 unspecified atom stereocenters. The van der Waals surface area contributed by atoms with Crippen molar-refractivity contribution < 1.29 is 19.1 Å². The minimum Gasteiger partial charge on any atom is -0.497 e. The Bertz CT molecular complexity index is 651. The van der Waals surface area contributed by atoms with Gasteiger partial charge in [0.1, 0.15) is 12.3 Å². The van der Waals surface area contributed by atoms with Crippen molar-refractivity contribution in [3.8, 4) is 5.75 Å². The summed E-state index contributed by atoms with van der Waals surface area (Å²) in [6, 6.07) is 7.52. The fourth-order valence-electron chi connectivity index (χ4n) is 2.94. The highest BCUT2D eigenvalue weighted by Crippen LogP contribution is 2.18. The average Bonchev–Trinajstić information content (AvgIpc) is 3.15. The number of carbonyl (C=O) groups is 2. The fraction of sp³-hybridized carbons (Fsp3) is 0.500. The molecule has 2 aliphatic rings. The van der Waals surface area contributed by atoms with Gasteiger partial charge in [-0.2, -0.15) is 5.10 Å². The maximum atomic E-state index is 12.1. The van der Waals surface area contributed by atoms with Crippen LogP contribution >= 0.6 is 0 Å². The molecule has 1 atom stereocenters. The quantitative estimate of drug-likeness (QED) is 0.843. The molecule has 0 bridgehead atoms. The van der Waals surface area contributed by atoms with Crippen LogP contribution in [0.2, 0.25) is 0 Å². The minimum absolute atomic E-state index is 0.0643. The van der Waals surface area contributed by atoms with Crippen molar-refractivity contribution in [1.29, 1.82) is 0 Å². The molecule has 0 aromatic heterocycles. The Morgan fingerprint density at radius 3 is 2.84 bits per heavy atom. The van der Waals surface area contributed by atoms with Gasteiger partial charge in [-0.25, -0.2) is 5.01 Å². The Labute approximate surface area is 147 Å². The first-order chi connectivity index (χ1) is 12.2. The number of methoxy groups -OCH3 is 1. The summed E-state index contributed by atoms with van der Waals surface area (Å²) in [4.78, 5) is 24.2. The molecule has 0 aliphatic carbocycles. The van der Waals surface area contributed by atoms with Gasteiger partial charge >= 0.3 is 0 Å². The Hall–Kier alpha value is -2.41. The zero-order valence-corrected chi connectivity index (χ0v) is 14.4. The number of nitrogens with one attached hydrogen (secondary N) is 1. The summed E-state index contributed by atoms with van der Waals surface area (Å²) >= 11 is 0. The van der Waals surface area contributed by atoms with Crippen LogP contribution in [-0.2, 0) is 14.3 Å². The largest absolute Gasteiger partial charge is 0.497 e. The number of hydrogen-bond donors (Lipinski definition) is 1. The zero-order chi connectivity index (χ0) is 17.6. The van der Waals surface area contributed by atoms with Crippen molar-refractivity contribution in [3.63, 3.8) is 0 Å². The lowest BCUT2D eigenvalue weighted by atomic mass is 10.0. The molecule has 1 fully saturated rings. The maximum absolute atomic E-state index is 12.1. The highest BCUT2D eigenvalue weighted by molar-refractivity contribution is 6.04. The van der Waals surface area contributed by atoms with Gasteiger partial charge in [0.2, 0.25) is 11.8 Å². The molecule has 1 saturated heterocycles. The number of ether oxygens (including phenoxy) is 2. The molecule has 1 aromatic rings.